The molecule has 2 saturated heterocycles. The van der Waals surface area contributed by atoms with Crippen LogP contribution in [0.15, 0.2) is 42.5 Å². The van der Waals surface area contributed by atoms with Crippen molar-refractivity contribution in [2.75, 3.05) is 4.90 Å². The van der Waals surface area contributed by atoms with Gasteiger partial charge in [-0.05, 0) is 31.5 Å². The number of benzene rings is 1. The highest BCUT2D eigenvalue weighted by Gasteiger charge is 2.64. The molecule has 1 aromatic carbocycles. The van der Waals surface area contributed by atoms with Crippen LogP contribution in [-0.2, 0) is 19.2 Å². The van der Waals surface area contributed by atoms with Crippen LogP contribution in [0.1, 0.15) is 37.3 Å². The Balaban J connectivity index is 1.66. The molecule has 3 heterocycles. The number of amidine groups is 1. The number of nitrogen functional groups attached to an aromatic ring is 1. The lowest BCUT2D eigenvalue weighted by Crippen LogP contribution is -2.71. The summed E-state index contributed by atoms with van der Waals surface area (Å²) in [5.41, 5.74) is 6.12. The van der Waals surface area contributed by atoms with Gasteiger partial charge in [0.25, 0.3) is 0 Å². The number of thiophene rings is 1. The van der Waals surface area contributed by atoms with E-state index in [0.717, 1.165) is 11.3 Å². The number of carboxylic acid groups (broad SMARTS) is 1. The van der Waals surface area contributed by atoms with Crippen LogP contribution in [0, 0.1) is 5.41 Å². The van der Waals surface area contributed by atoms with Gasteiger partial charge in [0.1, 0.15) is 29.3 Å². The zero-order valence-corrected chi connectivity index (χ0v) is 20.9. The summed E-state index contributed by atoms with van der Waals surface area (Å²) in [5, 5.41) is 20.0. The number of thioether (sulfide) groups is 1. The summed E-state index contributed by atoms with van der Waals surface area (Å²) in [6.45, 7) is 4.85. The number of hydrogen-bond acceptors (Lipinski definition) is 7. The van der Waals surface area contributed by atoms with Crippen molar-refractivity contribution in [2.45, 2.75) is 49.0 Å². The molecule has 0 spiro atoms. The van der Waals surface area contributed by atoms with Gasteiger partial charge < -0.3 is 21.1 Å². The Labute approximate surface area is 210 Å². The van der Waals surface area contributed by atoms with E-state index in [1.807, 2.05) is 0 Å². The van der Waals surface area contributed by atoms with E-state index in [1.165, 1.54) is 28.5 Å². The largest absolute Gasteiger partial charge is 0.480 e. The predicted octanol–water partition coefficient (Wildman–Crippen LogP) is 1.76. The number of rotatable bonds is 7. The number of amides is 3. The van der Waals surface area contributed by atoms with Crippen molar-refractivity contribution in [3.05, 3.63) is 52.9 Å². The van der Waals surface area contributed by atoms with Crippen molar-refractivity contribution < 1.29 is 24.3 Å². The molecule has 2 aromatic rings. The van der Waals surface area contributed by atoms with E-state index >= 15 is 0 Å². The number of anilines is 1. The third-order valence-corrected chi connectivity index (χ3v) is 8.72. The second-order valence-electron chi connectivity index (χ2n) is 8.84. The van der Waals surface area contributed by atoms with E-state index in [9.17, 15) is 24.3 Å². The van der Waals surface area contributed by atoms with Crippen LogP contribution >= 0.6 is 23.1 Å². The highest BCUT2D eigenvalue weighted by Crippen LogP contribution is 2.51. The van der Waals surface area contributed by atoms with Crippen molar-refractivity contribution >= 4 is 57.6 Å². The number of aliphatic carboxylic acids is 1. The minimum Gasteiger partial charge on any atom is -0.480 e. The smallest absolute Gasteiger partial charge is 0.327 e. The summed E-state index contributed by atoms with van der Waals surface area (Å²) >= 11 is 2.43. The predicted molar refractivity (Wildman–Crippen MR) is 133 cm³/mol. The molecule has 0 saturated carbocycles. The molecule has 4 atom stereocenters. The maximum Gasteiger partial charge on any atom is 0.327 e. The van der Waals surface area contributed by atoms with Crippen LogP contribution in [-0.4, -0.2) is 61.7 Å². The molecule has 0 radical (unpaired) electrons. The van der Waals surface area contributed by atoms with Crippen molar-refractivity contribution in [1.29, 1.82) is 5.41 Å². The SMILES string of the molecule is CC(=O)N(c1ccc(C(=N)N)s1)C(C(=O)NC1C(=O)N2[C@@H]1SC(C)(C)[C@@H]2C(=O)O)c1ccccc1. The van der Waals surface area contributed by atoms with E-state index in [1.54, 1.807) is 56.3 Å². The first kappa shape index (κ1) is 24.7. The first-order valence-corrected chi connectivity index (χ1v) is 12.5. The molecule has 12 heteroatoms. The van der Waals surface area contributed by atoms with Gasteiger partial charge in [0.15, 0.2) is 0 Å². The summed E-state index contributed by atoms with van der Waals surface area (Å²) in [6, 6.07) is 8.92. The number of nitrogens with zero attached hydrogens (tertiary/aromatic N) is 2. The average Bonchev–Trinajstić information content (AvgIpc) is 3.37. The Kier molecular flexibility index (Phi) is 6.36. The van der Waals surface area contributed by atoms with Gasteiger partial charge in [-0.25, -0.2) is 4.79 Å². The summed E-state index contributed by atoms with van der Waals surface area (Å²) in [6.07, 6.45) is 0. The number of carbonyl (C=O) groups excluding carboxylic acids is 3. The number of fused-ring (bicyclic) bond motifs is 1. The molecule has 2 unspecified atom stereocenters. The van der Waals surface area contributed by atoms with Gasteiger partial charge >= 0.3 is 5.97 Å². The summed E-state index contributed by atoms with van der Waals surface area (Å²) < 4.78 is -0.726. The number of nitrogens with one attached hydrogen (secondary N) is 2. The molecule has 35 heavy (non-hydrogen) atoms. The molecule has 184 valence electrons. The van der Waals surface area contributed by atoms with Crippen LogP contribution < -0.4 is 16.0 Å². The molecule has 2 fully saturated rings. The van der Waals surface area contributed by atoms with Crippen molar-refractivity contribution in [1.82, 2.24) is 10.2 Å². The lowest BCUT2D eigenvalue weighted by molar-refractivity contribution is -0.161. The highest BCUT2D eigenvalue weighted by molar-refractivity contribution is 8.01. The molecule has 2 aliphatic rings. The fraction of sp³-hybridized carbons (Fsp3) is 0.348. The van der Waals surface area contributed by atoms with Crippen molar-refractivity contribution in [3.8, 4) is 0 Å². The van der Waals surface area contributed by atoms with Gasteiger partial charge in [-0.2, -0.15) is 0 Å². The summed E-state index contributed by atoms with van der Waals surface area (Å²) in [7, 11) is 0. The van der Waals surface area contributed by atoms with Gasteiger partial charge in [-0.1, -0.05) is 30.3 Å². The van der Waals surface area contributed by atoms with Crippen molar-refractivity contribution in [2.24, 2.45) is 5.73 Å². The van der Waals surface area contributed by atoms with Crippen LogP contribution in [0.5, 0.6) is 0 Å². The van der Waals surface area contributed by atoms with Crippen LogP contribution in [0.25, 0.3) is 0 Å². The normalized spacial score (nSPS) is 23.1. The average molecular weight is 516 g/mol. The zero-order chi connectivity index (χ0) is 25.7. The Morgan fingerprint density at radius 1 is 1.20 bits per heavy atom. The van der Waals surface area contributed by atoms with Gasteiger partial charge in [0, 0.05) is 11.7 Å². The number of β-lactam (4-membered cyclic amide) rings is 1. The van der Waals surface area contributed by atoms with E-state index in [0.29, 0.717) is 15.4 Å². The second-order valence-corrected chi connectivity index (χ2v) is 11.7. The number of hydrogen-bond donors (Lipinski definition) is 4. The van der Waals surface area contributed by atoms with Gasteiger partial charge in [-0.3, -0.25) is 24.7 Å². The third-order valence-electron chi connectivity index (χ3n) is 6.03. The Morgan fingerprint density at radius 3 is 2.40 bits per heavy atom. The highest BCUT2D eigenvalue weighted by atomic mass is 32.2. The van der Waals surface area contributed by atoms with Gasteiger partial charge in [0.05, 0.1) is 9.88 Å². The quantitative estimate of drug-likeness (QED) is 0.249. The zero-order valence-electron chi connectivity index (χ0n) is 19.2. The molecule has 3 amide bonds. The molecule has 10 nitrogen and oxygen atoms in total. The lowest BCUT2D eigenvalue weighted by atomic mass is 9.95. The van der Waals surface area contributed by atoms with Crippen LogP contribution in [0.2, 0.25) is 0 Å². The van der Waals surface area contributed by atoms with Gasteiger partial charge in [0.2, 0.25) is 17.7 Å². The van der Waals surface area contributed by atoms with Crippen LogP contribution in [0.4, 0.5) is 5.00 Å². The minimum atomic E-state index is -1.09. The summed E-state index contributed by atoms with van der Waals surface area (Å²) in [5.74, 6) is -2.69. The van der Waals surface area contributed by atoms with Crippen LogP contribution in [0.3, 0.4) is 0 Å². The van der Waals surface area contributed by atoms with Gasteiger partial charge in [-0.15, -0.1) is 23.1 Å². The third kappa shape index (κ3) is 4.27. The molecule has 1 aromatic heterocycles. The molecule has 5 N–H and O–H groups in total. The second kappa shape index (κ2) is 9.00. The maximum atomic E-state index is 13.7. The first-order valence-electron chi connectivity index (χ1n) is 10.8. The Morgan fingerprint density at radius 2 is 1.86 bits per heavy atom. The standard InChI is InChI=1S/C23H25N5O5S2/c1-11(29)27(14-10-9-13(34-14)18(24)25)16(12-7-5-4-6-8-12)19(30)26-15-20(31)28-17(22(32)33)23(2,3)35-21(15)28/h4-10,15-17,21H,1-3H3,(H3,24,25)(H,26,30)(H,32,33)/t15?,16?,17-,21+/m0/s1. The molecule has 2 aliphatic heterocycles. The molecule has 0 aliphatic carbocycles. The molecular weight excluding hydrogens is 490 g/mol. The molecule has 0 bridgehead atoms. The Hall–Kier alpha value is -3.38. The maximum absolute atomic E-state index is 13.7. The van der Waals surface area contributed by atoms with E-state index in [-0.39, 0.29) is 5.84 Å². The Bertz CT molecular complexity index is 1210. The topological polar surface area (TPSA) is 157 Å². The fourth-order valence-electron chi connectivity index (χ4n) is 4.50. The minimum absolute atomic E-state index is 0.153. The van der Waals surface area contributed by atoms with E-state index in [2.05, 4.69) is 5.32 Å². The monoisotopic (exact) mass is 515 g/mol. The van der Waals surface area contributed by atoms with Crippen molar-refractivity contribution in [3.63, 3.8) is 0 Å². The number of carbonyl (C=O) groups is 4. The lowest BCUT2D eigenvalue weighted by Gasteiger charge is -2.44. The summed E-state index contributed by atoms with van der Waals surface area (Å²) in [4.78, 5) is 54.2. The molecular formula is C23H25N5O5S2. The number of carboxylic acids is 1. The number of nitrogens with two attached hydrogens (primary N) is 1. The molecule has 4 rings (SSSR count). The first-order chi connectivity index (χ1) is 16.4. The van der Waals surface area contributed by atoms with E-state index in [4.69, 9.17) is 11.1 Å². The van der Waals surface area contributed by atoms with E-state index < -0.39 is 51.9 Å². The fourth-order valence-corrected chi connectivity index (χ4v) is 7.06.